The minimum Gasteiger partial charge on any atom is -0.460 e. The van der Waals surface area contributed by atoms with Crippen LogP contribution in [0.2, 0.25) is 0 Å². The fourth-order valence-electron chi connectivity index (χ4n) is 5.83. The minimum absolute atomic E-state index is 0.0211. The summed E-state index contributed by atoms with van der Waals surface area (Å²) in [5.74, 6) is -0.154. The van der Waals surface area contributed by atoms with Crippen molar-refractivity contribution in [2.75, 3.05) is 0 Å². The van der Waals surface area contributed by atoms with Gasteiger partial charge < -0.3 is 9.30 Å². The molecule has 1 aromatic heterocycles. The lowest BCUT2D eigenvalue weighted by atomic mass is 9.78. The van der Waals surface area contributed by atoms with Crippen LogP contribution in [0.1, 0.15) is 92.7 Å². The molecule has 0 saturated heterocycles. The molecule has 228 valence electrons. The van der Waals surface area contributed by atoms with Crippen molar-refractivity contribution in [2.24, 2.45) is 17.3 Å². The Morgan fingerprint density at radius 3 is 1.95 bits per heavy atom. The molecule has 0 spiro atoms. The summed E-state index contributed by atoms with van der Waals surface area (Å²) in [7, 11) is 0. The number of benzene rings is 2. The Kier molecular flexibility index (Phi) is 11.0. The second-order valence-electron chi connectivity index (χ2n) is 14.1. The highest BCUT2D eigenvalue weighted by Gasteiger charge is 2.26. The molecule has 0 N–H and O–H groups in total. The summed E-state index contributed by atoms with van der Waals surface area (Å²) in [6, 6.07) is 15.4. The normalized spacial score (nSPS) is 13.7. The molecule has 5 heteroatoms. The van der Waals surface area contributed by atoms with E-state index in [1.165, 1.54) is 30.0 Å². The fraction of sp³-hybridized carbons (Fsp3) is 0.486. The topological polar surface area (TPSA) is 31.2 Å². The largest absolute Gasteiger partial charge is 0.460 e. The molecular formula is C37H49F2NO2. The van der Waals surface area contributed by atoms with E-state index in [1.54, 1.807) is 12.1 Å². The number of carbonyl (C=O) groups is 1. The van der Waals surface area contributed by atoms with Crippen molar-refractivity contribution in [1.29, 1.82) is 0 Å². The van der Waals surface area contributed by atoms with Crippen LogP contribution in [0.3, 0.4) is 0 Å². The van der Waals surface area contributed by atoms with Gasteiger partial charge in [0.25, 0.3) is 0 Å². The van der Waals surface area contributed by atoms with Crippen LogP contribution in [0, 0.1) is 28.9 Å². The zero-order valence-corrected chi connectivity index (χ0v) is 26.8. The van der Waals surface area contributed by atoms with Gasteiger partial charge in [0.15, 0.2) is 0 Å². The summed E-state index contributed by atoms with van der Waals surface area (Å²) in [6.45, 7) is 21.6. The van der Waals surface area contributed by atoms with Crippen LogP contribution in [0.15, 0.2) is 67.3 Å². The first-order valence-electron chi connectivity index (χ1n) is 15.2. The van der Waals surface area contributed by atoms with Crippen molar-refractivity contribution < 1.29 is 18.3 Å². The van der Waals surface area contributed by atoms with E-state index in [-0.39, 0.29) is 34.9 Å². The highest BCUT2D eigenvalue weighted by atomic mass is 19.1. The number of esters is 1. The Balaban J connectivity index is 2.00. The van der Waals surface area contributed by atoms with Crippen LogP contribution >= 0.6 is 0 Å². The Labute approximate surface area is 252 Å². The molecule has 0 saturated carbocycles. The fourth-order valence-corrected chi connectivity index (χ4v) is 5.83. The third-order valence-electron chi connectivity index (χ3n) is 7.47. The van der Waals surface area contributed by atoms with E-state index in [2.05, 4.69) is 51.8 Å². The number of nitrogens with zero attached hydrogens (tertiary/aromatic N) is 1. The second kappa shape index (κ2) is 13.8. The van der Waals surface area contributed by atoms with E-state index >= 15 is 0 Å². The number of ether oxygens (including phenoxy) is 1. The molecule has 0 bridgehead atoms. The Morgan fingerprint density at radius 1 is 0.929 bits per heavy atom. The molecule has 3 nitrogen and oxygen atoms in total. The van der Waals surface area contributed by atoms with Crippen molar-refractivity contribution in [2.45, 2.75) is 99.1 Å². The molecule has 1 heterocycles. The molecule has 42 heavy (non-hydrogen) atoms. The SMILES string of the molecule is C=CC(CC(=O)OC(C)(C)C)CC(CCn1c(C(C)C)cc(-c2ccc(F)cc2)c1-c1ccc(F)cc1)CC(C)(C)C. The first kappa shape index (κ1) is 33.3. The van der Waals surface area contributed by atoms with Gasteiger partial charge in [0.2, 0.25) is 0 Å². The van der Waals surface area contributed by atoms with Crippen molar-refractivity contribution in [1.82, 2.24) is 4.57 Å². The zero-order valence-electron chi connectivity index (χ0n) is 26.8. The maximum atomic E-state index is 14.0. The van der Waals surface area contributed by atoms with Crippen LogP contribution in [0.25, 0.3) is 22.4 Å². The predicted octanol–water partition coefficient (Wildman–Crippen LogP) is 10.6. The van der Waals surface area contributed by atoms with E-state index in [0.29, 0.717) is 12.3 Å². The van der Waals surface area contributed by atoms with E-state index in [9.17, 15) is 13.6 Å². The van der Waals surface area contributed by atoms with Crippen LogP contribution in [0.4, 0.5) is 8.78 Å². The average molecular weight is 578 g/mol. The summed E-state index contributed by atoms with van der Waals surface area (Å²) in [5.41, 5.74) is 4.63. The molecule has 0 aliphatic rings. The molecule has 2 unspecified atom stereocenters. The quantitative estimate of drug-likeness (QED) is 0.158. The lowest BCUT2D eigenvalue weighted by Crippen LogP contribution is -2.26. The Morgan fingerprint density at radius 2 is 1.48 bits per heavy atom. The molecule has 2 aromatic carbocycles. The molecule has 3 aromatic rings. The monoisotopic (exact) mass is 577 g/mol. The third-order valence-corrected chi connectivity index (χ3v) is 7.47. The van der Waals surface area contributed by atoms with Crippen molar-refractivity contribution in [3.63, 3.8) is 0 Å². The van der Waals surface area contributed by atoms with Gasteiger partial charge in [-0.3, -0.25) is 4.79 Å². The number of halogens is 2. The third kappa shape index (κ3) is 9.68. The molecular weight excluding hydrogens is 528 g/mol. The van der Waals surface area contributed by atoms with Gasteiger partial charge in [-0.2, -0.15) is 0 Å². The molecule has 0 amide bonds. The van der Waals surface area contributed by atoms with Gasteiger partial charge >= 0.3 is 5.97 Å². The molecule has 0 radical (unpaired) electrons. The van der Waals surface area contributed by atoms with Crippen molar-refractivity contribution in [3.05, 3.63) is 84.6 Å². The lowest BCUT2D eigenvalue weighted by molar-refractivity contribution is -0.155. The molecule has 2 atom stereocenters. The van der Waals surface area contributed by atoms with Gasteiger partial charge in [-0.05, 0) is 117 Å². The lowest BCUT2D eigenvalue weighted by Gasteiger charge is -2.29. The van der Waals surface area contributed by atoms with Gasteiger partial charge in [0, 0.05) is 17.8 Å². The van der Waals surface area contributed by atoms with Crippen molar-refractivity contribution >= 4 is 5.97 Å². The summed E-state index contributed by atoms with van der Waals surface area (Å²) in [6.07, 6.45) is 4.96. The van der Waals surface area contributed by atoms with Crippen LogP contribution < -0.4 is 0 Å². The number of hydrogen-bond acceptors (Lipinski definition) is 2. The van der Waals surface area contributed by atoms with Gasteiger partial charge in [0.1, 0.15) is 17.2 Å². The maximum Gasteiger partial charge on any atom is 0.306 e. The van der Waals surface area contributed by atoms with E-state index < -0.39 is 5.60 Å². The molecule has 0 aliphatic carbocycles. The second-order valence-corrected chi connectivity index (χ2v) is 14.1. The first-order chi connectivity index (χ1) is 19.6. The summed E-state index contributed by atoms with van der Waals surface area (Å²) in [5, 5.41) is 0. The van der Waals surface area contributed by atoms with Gasteiger partial charge in [-0.15, -0.1) is 6.58 Å². The van der Waals surface area contributed by atoms with E-state index in [4.69, 9.17) is 4.74 Å². The van der Waals surface area contributed by atoms with Gasteiger partial charge in [-0.25, -0.2) is 8.78 Å². The molecule has 3 rings (SSSR count). The van der Waals surface area contributed by atoms with Crippen LogP contribution in [-0.2, 0) is 16.1 Å². The minimum atomic E-state index is -0.520. The van der Waals surface area contributed by atoms with Gasteiger partial charge in [0.05, 0.1) is 12.1 Å². The molecule has 0 fully saturated rings. The van der Waals surface area contributed by atoms with Crippen molar-refractivity contribution in [3.8, 4) is 22.4 Å². The molecule has 0 aliphatic heterocycles. The number of carbonyl (C=O) groups excluding carboxylic acids is 1. The smallest absolute Gasteiger partial charge is 0.306 e. The number of aromatic nitrogens is 1. The summed E-state index contributed by atoms with van der Waals surface area (Å²) >= 11 is 0. The maximum absolute atomic E-state index is 14.0. The van der Waals surface area contributed by atoms with Crippen LogP contribution in [0.5, 0.6) is 0 Å². The average Bonchev–Trinajstić information content (AvgIpc) is 3.25. The zero-order chi connectivity index (χ0) is 31.2. The highest BCUT2D eigenvalue weighted by Crippen LogP contribution is 2.39. The Hall–Kier alpha value is -3.21. The predicted molar refractivity (Wildman–Crippen MR) is 170 cm³/mol. The Bertz CT molecular complexity index is 1320. The summed E-state index contributed by atoms with van der Waals surface area (Å²) in [4.78, 5) is 12.7. The first-order valence-corrected chi connectivity index (χ1v) is 15.2. The number of rotatable bonds is 12. The van der Waals surface area contributed by atoms with E-state index in [0.717, 1.165) is 48.2 Å². The summed E-state index contributed by atoms with van der Waals surface area (Å²) < 4.78 is 35.8. The standard InChI is InChI=1S/C37H49F2NO2/c1-10-26(22-34(41)42-37(7,8)9)21-27(24-36(4,5)6)19-20-40-33(25(2)3)23-32(28-11-15-30(38)16-12-28)35(40)29-13-17-31(39)18-14-29/h10-18,23,25-27H,1,19-22,24H2,2-9H3. The van der Waals surface area contributed by atoms with Crippen LogP contribution in [-0.4, -0.2) is 16.1 Å². The number of hydrogen-bond donors (Lipinski definition) is 0. The van der Waals surface area contributed by atoms with E-state index in [1.807, 2.05) is 39.0 Å². The van der Waals surface area contributed by atoms with Gasteiger partial charge in [-0.1, -0.05) is 52.8 Å². The number of allylic oxidation sites excluding steroid dienone is 1. The highest BCUT2D eigenvalue weighted by molar-refractivity contribution is 5.83.